The summed E-state index contributed by atoms with van der Waals surface area (Å²) in [4.78, 5) is 3.81. The highest BCUT2D eigenvalue weighted by molar-refractivity contribution is 5.46. The zero-order valence-electron chi connectivity index (χ0n) is 10.1. The first-order valence-electron chi connectivity index (χ1n) is 5.37. The molecule has 2 aromatic heterocycles. The molecule has 0 aliphatic rings. The fourth-order valence-corrected chi connectivity index (χ4v) is 1.48. The van der Waals surface area contributed by atoms with Gasteiger partial charge in [-0.05, 0) is 6.07 Å². The zero-order valence-corrected chi connectivity index (χ0v) is 10.1. The minimum Gasteiger partial charge on any atom is -0.383 e. The molecule has 0 spiro atoms. The summed E-state index contributed by atoms with van der Waals surface area (Å²) in [6, 6.07) is 1.60. The molecule has 0 aromatic carbocycles. The van der Waals surface area contributed by atoms with E-state index in [1.165, 1.54) is 4.68 Å². The molecule has 2 aromatic rings. The Kier molecular flexibility index (Phi) is 3.31. The Labute approximate surface area is 105 Å². The van der Waals surface area contributed by atoms with E-state index in [-0.39, 0.29) is 11.7 Å². The lowest BCUT2D eigenvalue weighted by Crippen LogP contribution is -2.33. The number of halogens is 3. The number of aliphatic hydroxyl groups is 1. The van der Waals surface area contributed by atoms with E-state index in [2.05, 4.69) is 15.2 Å². The van der Waals surface area contributed by atoms with Gasteiger partial charge < -0.3 is 9.63 Å². The largest absolute Gasteiger partial charge is 0.415 e. The third kappa shape index (κ3) is 2.75. The van der Waals surface area contributed by atoms with Gasteiger partial charge in [-0.2, -0.15) is 23.3 Å². The number of aryl methyl sites for hydroxylation is 1. The van der Waals surface area contributed by atoms with Gasteiger partial charge in [0.15, 0.2) is 6.10 Å². The van der Waals surface area contributed by atoms with Crippen LogP contribution in [0.5, 0.6) is 0 Å². The molecule has 6 nitrogen and oxygen atoms in total. The van der Waals surface area contributed by atoms with Crippen LogP contribution in [0.2, 0.25) is 0 Å². The van der Waals surface area contributed by atoms with Crippen molar-refractivity contribution in [2.75, 3.05) is 0 Å². The van der Waals surface area contributed by atoms with E-state index >= 15 is 0 Å². The average Bonchev–Trinajstić information content (AvgIpc) is 2.94. The van der Waals surface area contributed by atoms with Crippen molar-refractivity contribution < 1.29 is 22.8 Å². The van der Waals surface area contributed by atoms with Gasteiger partial charge in [-0.3, -0.25) is 4.68 Å². The molecule has 2 heterocycles. The summed E-state index contributed by atoms with van der Waals surface area (Å²) in [7, 11) is 1.68. The zero-order chi connectivity index (χ0) is 14.2. The van der Waals surface area contributed by atoms with Crippen molar-refractivity contribution in [2.45, 2.75) is 25.1 Å². The highest BCUT2D eigenvalue weighted by atomic mass is 19.4. The summed E-state index contributed by atoms with van der Waals surface area (Å²) in [6.07, 6.45) is -5.65. The van der Waals surface area contributed by atoms with Crippen LogP contribution in [0.15, 0.2) is 16.8 Å². The number of aromatic nitrogens is 4. The number of aliphatic hydroxyl groups excluding tert-OH is 1. The molecule has 0 bridgehead atoms. The number of rotatable bonds is 3. The van der Waals surface area contributed by atoms with E-state index in [1.54, 1.807) is 19.3 Å². The SMILES string of the molecule is CC(c1nc(-c2ccn(C)n2)no1)C(O)C(F)(F)F. The standard InChI is InChI=1S/C10H11F3N4O2/c1-5(7(18)10(11,12)13)9-14-8(16-19-9)6-3-4-17(2)15-6/h3-5,7,18H,1-2H3. The van der Waals surface area contributed by atoms with Crippen LogP contribution in [0.25, 0.3) is 11.5 Å². The molecule has 9 heteroatoms. The van der Waals surface area contributed by atoms with Gasteiger partial charge in [0.1, 0.15) is 5.69 Å². The number of hydrogen-bond acceptors (Lipinski definition) is 5. The molecule has 2 rings (SSSR count). The van der Waals surface area contributed by atoms with E-state index in [0.717, 1.165) is 6.92 Å². The summed E-state index contributed by atoms with van der Waals surface area (Å²) in [6.45, 7) is 1.16. The maximum Gasteiger partial charge on any atom is 0.415 e. The monoisotopic (exact) mass is 276 g/mol. The van der Waals surface area contributed by atoms with E-state index in [9.17, 15) is 13.2 Å². The van der Waals surface area contributed by atoms with Crippen LogP contribution in [0.4, 0.5) is 13.2 Å². The molecule has 0 aliphatic carbocycles. The van der Waals surface area contributed by atoms with Gasteiger partial charge in [0, 0.05) is 13.2 Å². The highest BCUT2D eigenvalue weighted by Gasteiger charge is 2.44. The minimum atomic E-state index is -4.74. The number of alkyl halides is 3. The van der Waals surface area contributed by atoms with Crippen molar-refractivity contribution in [2.24, 2.45) is 7.05 Å². The first-order chi connectivity index (χ1) is 8.79. The summed E-state index contributed by atoms with van der Waals surface area (Å²) in [5, 5.41) is 16.7. The number of hydrogen-bond donors (Lipinski definition) is 1. The lowest BCUT2D eigenvalue weighted by Gasteiger charge is -2.17. The van der Waals surface area contributed by atoms with Crippen molar-refractivity contribution in [1.82, 2.24) is 19.9 Å². The maximum atomic E-state index is 12.4. The molecule has 1 N–H and O–H groups in total. The van der Waals surface area contributed by atoms with E-state index in [0.29, 0.717) is 5.69 Å². The molecule has 0 aliphatic heterocycles. The Hall–Kier alpha value is -1.90. The predicted molar refractivity (Wildman–Crippen MR) is 57.0 cm³/mol. The fourth-order valence-electron chi connectivity index (χ4n) is 1.48. The smallest absolute Gasteiger partial charge is 0.383 e. The molecule has 2 atom stereocenters. The summed E-state index contributed by atoms with van der Waals surface area (Å²) < 4.78 is 43.3. The molecule has 0 amide bonds. The summed E-state index contributed by atoms with van der Waals surface area (Å²) >= 11 is 0. The number of nitrogens with zero attached hydrogens (tertiary/aromatic N) is 4. The lowest BCUT2D eigenvalue weighted by atomic mass is 10.1. The van der Waals surface area contributed by atoms with Gasteiger partial charge in [-0.1, -0.05) is 12.1 Å². The Morgan fingerprint density at radius 2 is 2.11 bits per heavy atom. The molecular formula is C10H11F3N4O2. The fraction of sp³-hybridized carbons (Fsp3) is 0.500. The van der Waals surface area contributed by atoms with Gasteiger partial charge in [0.25, 0.3) is 0 Å². The molecule has 0 saturated carbocycles. The van der Waals surface area contributed by atoms with Crippen LogP contribution in [-0.4, -0.2) is 37.3 Å². The molecule has 104 valence electrons. The second kappa shape index (κ2) is 4.65. The third-order valence-corrected chi connectivity index (χ3v) is 2.58. The summed E-state index contributed by atoms with van der Waals surface area (Å²) in [5.74, 6) is -1.55. The Bertz CT molecular complexity index is 563. The second-order valence-electron chi connectivity index (χ2n) is 4.11. The third-order valence-electron chi connectivity index (χ3n) is 2.58. The van der Waals surface area contributed by atoms with Crippen LogP contribution in [0.1, 0.15) is 18.7 Å². The Morgan fingerprint density at radius 1 is 1.42 bits per heavy atom. The minimum absolute atomic E-state index is 0.0804. The molecule has 0 radical (unpaired) electrons. The predicted octanol–water partition coefficient (Wildman–Crippen LogP) is 1.50. The van der Waals surface area contributed by atoms with E-state index in [1.807, 2.05) is 0 Å². The Balaban J connectivity index is 2.22. The van der Waals surface area contributed by atoms with Crippen LogP contribution >= 0.6 is 0 Å². The highest BCUT2D eigenvalue weighted by Crippen LogP contribution is 2.31. The van der Waals surface area contributed by atoms with Crippen molar-refractivity contribution in [3.05, 3.63) is 18.2 Å². The molecule has 0 saturated heterocycles. The average molecular weight is 276 g/mol. The maximum absolute atomic E-state index is 12.4. The first kappa shape index (κ1) is 13.5. The van der Waals surface area contributed by atoms with Gasteiger partial charge >= 0.3 is 6.18 Å². The van der Waals surface area contributed by atoms with Crippen molar-refractivity contribution in [3.63, 3.8) is 0 Å². The van der Waals surface area contributed by atoms with Crippen LogP contribution in [-0.2, 0) is 7.05 Å². The van der Waals surface area contributed by atoms with Gasteiger partial charge in [-0.25, -0.2) is 0 Å². The van der Waals surface area contributed by atoms with Crippen LogP contribution in [0, 0.1) is 0 Å². The van der Waals surface area contributed by atoms with Gasteiger partial charge in [0.2, 0.25) is 11.7 Å². The van der Waals surface area contributed by atoms with Crippen molar-refractivity contribution in [3.8, 4) is 11.5 Å². The molecule has 2 unspecified atom stereocenters. The van der Waals surface area contributed by atoms with Crippen molar-refractivity contribution >= 4 is 0 Å². The lowest BCUT2D eigenvalue weighted by molar-refractivity contribution is -0.210. The van der Waals surface area contributed by atoms with Gasteiger partial charge in [-0.15, -0.1) is 0 Å². The normalized spacial score (nSPS) is 15.5. The first-order valence-corrected chi connectivity index (χ1v) is 5.37. The second-order valence-corrected chi connectivity index (χ2v) is 4.11. The van der Waals surface area contributed by atoms with E-state index < -0.39 is 18.2 Å². The summed E-state index contributed by atoms with van der Waals surface area (Å²) in [5.41, 5.74) is 0.381. The van der Waals surface area contributed by atoms with Crippen LogP contribution < -0.4 is 0 Å². The Morgan fingerprint density at radius 3 is 2.63 bits per heavy atom. The molecule has 19 heavy (non-hydrogen) atoms. The molecule has 0 fully saturated rings. The quantitative estimate of drug-likeness (QED) is 0.919. The van der Waals surface area contributed by atoms with Crippen LogP contribution in [0.3, 0.4) is 0 Å². The topological polar surface area (TPSA) is 77.0 Å². The van der Waals surface area contributed by atoms with Gasteiger partial charge in [0.05, 0.1) is 5.92 Å². The van der Waals surface area contributed by atoms with Crippen molar-refractivity contribution in [1.29, 1.82) is 0 Å². The molecular weight excluding hydrogens is 265 g/mol. The van der Waals surface area contributed by atoms with E-state index in [4.69, 9.17) is 9.63 Å².